The predicted octanol–water partition coefficient (Wildman–Crippen LogP) is 0.681. The number of nitrogens with one attached hydrogen (secondary N) is 1. The molecule has 2 aliphatic rings. The van der Waals surface area contributed by atoms with Gasteiger partial charge in [0.25, 0.3) is 0 Å². The Labute approximate surface area is 104 Å². The van der Waals surface area contributed by atoms with E-state index in [1.54, 1.807) is 0 Å². The SMILES string of the molecule is CCN(CCN1CCCC(NC)C1=O)C1CC1. The van der Waals surface area contributed by atoms with Crippen molar-refractivity contribution < 1.29 is 4.79 Å². The molecule has 1 heterocycles. The highest BCUT2D eigenvalue weighted by molar-refractivity contribution is 5.82. The van der Waals surface area contributed by atoms with Gasteiger partial charge in [-0.25, -0.2) is 0 Å². The number of carbonyl (C=O) groups is 1. The van der Waals surface area contributed by atoms with Gasteiger partial charge in [-0.3, -0.25) is 9.69 Å². The summed E-state index contributed by atoms with van der Waals surface area (Å²) in [5, 5.41) is 3.12. The van der Waals surface area contributed by atoms with Crippen molar-refractivity contribution in [1.29, 1.82) is 0 Å². The molecule has 2 rings (SSSR count). The van der Waals surface area contributed by atoms with E-state index in [2.05, 4.69) is 17.1 Å². The molecular weight excluding hydrogens is 214 g/mol. The van der Waals surface area contributed by atoms with E-state index in [-0.39, 0.29) is 6.04 Å². The first-order chi connectivity index (χ1) is 8.26. The molecular formula is C13H25N3O. The van der Waals surface area contributed by atoms with E-state index in [1.807, 2.05) is 11.9 Å². The van der Waals surface area contributed by atoms with Crippen LogP contribution in [0.3, 0.4) is 0 Å². The molecule has 98 valence electrons. The van der Waals surface area contributed by atoms with Crippen LogP contribution in [0.25, 0.3) is 0 Å². The maximum atomic E-state index is 12.1. The van der Waals surface area contributed by atoms with E-state index in [9.17, 15) is 4.79 Å². The molecule has 1 N–H and O–H groups in total. The van der Waals surface area contributed by atoms with Crippen LogP contribution in [0.1, 0.15) is 32.6 Å². The molecule has 1 atom stereocenters. The minimum Gasteiger partial charge on any atom is -0.340 e. The number of hydrogen-bond donors (Lipinski definition) is 1. The van der Waals surface area contributed by atoms with Crippen molar-refractivity contribution in [2.75, 3.05) is 33.2 Å². The number of hydrogen-bond acceptors (Lipinski definition) is 3. The lowest BCUT2D eigenvalue weighted by molar-refractivity contribution is -0.136. The summed E-state index contributed by atoms with van der Waals surface area (Å²) in [4.78, 5) is 16.6. The van der Waals surface area contributed by atoms with Crippen molar-refractivity contribution >= 4 is 5.91 Å². The molecule has 0 spiro atoms. The maximum absolute atomic E-state index is 12.1. The summed E-state index contributed by atoms with van der Waals surface area (Å²) < 4.78 is 0. The number of likely N-dealkylation sites (tertiary alicyclic amines) is 1. The predicted molar refractivity (Wildman–Crippen MR) is 68.9 cm³/mol. The number of carbonyl (C=O) groups excluding carboxylic acids is 1. The molecule has 0 radical (unpaired) electrons. The van der Waals surface area contributed by atoms with Crippen LogP contribution in [0.5, 0.6) is 0 Å². The van der Waals surface area contributed by atoms with Crippen LogP contribution in [0.15, 0.2) is 0 Å². The largest absolute Gasteiger partial charge is 0.340 e. The van der Waals surface area contributed by atoms with Crippen molar-refractivity contribution in [3.63, 3.8) is 0 Å². The Hall–Kier alpha value is -0.610. The van der Waals surface area contributed by atoms with E-state index in [1.165, 1.54) is 12.8 Å². The highest BCUT2D eigenvalue weighted by Crippen LogP contribution is 2.26. The third kappa shape index (κ3) is 3.19. The zero-order chi connectivity index (χ0) is 12.3. The second kappa shape index (κ2) is 5.83. The van der Waals surface area contributed by atoms with Gasteiger partial charge in [-0.2, -0.15) is 0 Å². The lowest BCUT2D eigenvalue weighted by atomic mass is 10.1. The molecule has 1 saturated heterocycles. The average molecular weight is 239 g/mol. The minimum atomic E-state index is 0.0553. The van der Waals surface area contributed by atoms with Crippen molar-refractivity contribution in [3.8, 4) is 0 Å². The average Bonchev–Trinajstić information content (AvgIpc) is 3.16. The Morgan fingerprint density at radius 2 is 2.18 bits per heavy atom. The van der Waals surface area contributed by atoms with Crippen LogP contribution in [-0.4, -0.2) is 61.0 Å². The molecule has 1 amide bonds. The zero-order valence-corrected chi connectivity index (χ0v) is 11.1. The quantitative estimate of drug-likeness (QED) is 0.740. The molecule has 0 aromatic heterocycles. The number of likely N-dealkylation sites (N-methyl/N-ethyl adjacent to an activating group) is 2. The minimum absolute atomic E-state index is 0.0553. The van der Waals surface area contributed by atoms with Crippen molar-refractivity contribution in [3.05, 3.63) is 0 Å². The first kappa shape index (κ1) is 12.8. The van der Waals surface area contributed by atoms with Gasteiger partial charge in [0.05, 0.1) is 6.04 Å². The Morgan fingerprint density at radius 1 is 1.41 bits per heavy atom. The van der Waals surface area contributed by atoms with Crippen LogP contribution in [0.4, 0.5) is 0 Å². The molecule has 4 nitrogen and oxygen atoms in total. The molecule has 0 aromatic carbocycles. The van der Waals surface area contributed by atoms with Crippen LogP contribution < -0.4 is 5.32 Å². The molecule has 1 unspecified atom stereocenters. The zero-order valence-electron chi connectivity index (χ0n) is 11.1. The second-order valence-corrected chi connectivity index (χ2v) is 5.17. The Kier molecular flexibility index (Phi) is 4.40. The summed E-state index contributed by atoms with van der Waals surface area (Å²) in [5.41, 5.74) is 0. The molecule has 0 aromatic rings. The molecule has 1 saturated carbocycles. The van der Waals surface area contributed by atoms with E-state index in [4.69, 9.17) is 0 Å². The van der Waals surface area contributed by atoms with E-state index < -0.39 is 0 Å². The van der Waals surface area contributed by atoms with Gasteiger partial charge in [-0.15, -0.1) is 0 Å². The molecule has 2 fully saturated rings. The summed E-state index contributed by atoms with van der Waals surface area (Å²) in [6, 6.07) is 0.861. The van der Waals surface area contributed by atoms with Crippen LogP contribution in [-0.2, 0) is 4.79 Å². The van der Waals surface area contributed by atoms with Gasteiger partial charge < -0.3 is 10.2 Å². The normalized spacial score (nSPS) is 25.7. The van der Waals surface area contributed by atoms with E-state index in [0.717, 1.165) is 45.1 Å². The van der Waals surface area contributed by atoms with E-state index in [0.29, 0.717) is 5.91 Å². The Balaban J connectivity index is 1.79. The van der Waals surface area contributed by atoms with Gasteiger partial charge in [0.1, 0.15) is 0 Å². The smallest absolute Gasteiger partial charge is 0.239 e. The first-order valence-electron chi connectivity index (χ1n) is 6.96. The van der Waals surface area contributed by atoms with Gasteiger partial charge >= 0.3 is 0 Å². The maximum Gasteiger partial charge on any atom is 0.239 e. The lowest BCUT2D eigenvalue weighted by Crippen LogP contribution is -2.51. The number of rotatable bonds is 6. The molecule has 0 bridgehead atoms. The summed E-state index contributed by atoms with van der Waals surface area (Å²) in [5.74, 6) is 0.297. The van der Waals surface area contributed by atoms with Gasteiger partial charge in [0, 0.05) is 25.7 Å². The number of nitrogens with zero attached hydrogens (tertiary/aromatic N) is 2. The number of piperidine rings is 1. The summed E-state index contributed by atoms with van der Waals surface area (Å²) >= 11 is 0. The third-order valence-corrected chi connectivity index (χ3v) is 4.01. The Bertz CT molecular complexity index is 265. The molecule has 1 aliphatic heterocycles. The lowest BCUT2D eigenvalue weighted by Gasteiger charge is -2.33. The first-order valence-corrected chi connectivity index (χ1v) is 6.96. The Morgan fingerprint density at radius 3 is 2.76 bits per heavy atom. The van der Waals surface area contributed by atoms with Gasteiger partial charge in [0.15, 0.2) is 0 Å². The number of amides is 1. The fourth-order valence-corrected chi connectivity index (χ4v) is 2.72. The molecule has 17 heavy (non-hydrogen) atoms. The second-order valence-electron chi connectivity index (χ2n) is 5.17. The highest BCUT2D eigenvalue weighted by atomic mass is 16.2. The fraction of sp³-hybridized carbons (Fsp3) is 0.923. The summed E-state index contributed by atoms with van der Waals surface area (Å²) in [6.07, 6.45) is 4.82. The monoisotopic (exact) mass is 239 g/mol. The van der Waals surface area contributed by atoms with Crippen molar-refractivity contribution in [1.82, 2.24) is 15.1 Å². The summed E-state index contributed by atoms with van der Waals surface area (Å²) in [7, 11) is 1.88. The van der Waals surface area contributed by atoms with Crippen molar-refractivity contribution in [2.24, 2.45) is 0 Å². The van der Waals surface area contributed by atoms with Crippen LogP contribution >= 0.6 is 0 Å². The van der Waals surface area contributed by atoms with E-state index >= 15 is 0 Å². The summed E-state index contributed by atoms with van der Waals surface area (Å²) in [6.45, 7) is 6.22. The van der Waals surface area contributed by atoms with Crippen molar-refractivity contribution in [2.45, 2.75) is 44.7 Å². The molecule has 4 heteroatoms. The third-order valence-electron chi connectivity index (χ3n) is 4.01. The van der Waals surface area contributed by atoms with Crippen LogP contribution in [0, 0.1) is 0 Å². The van der Waals surface area contributed by atoms with Gasteiger partial charge in [-0.1, -0.05) is 6.92 Å². The fourth-order valence-electron chi connectivity index (χ4n) is 2.72. The topological polar surface area (TPSA) is 35.6 Å². The standard InChI is InChI=1S/C13H25N3O/c1-3-15(11-6-7-11)9-10-16-8-4-5-12(14-2)13(16)17/h11-12,14H,3-10H2,1-2H3. The van der Waals surface area contributed by atoms with Gasteiger partial charge in [-0.05, 0) is 39.3 Å². The van der Waals surface area contributed by atoms with Crippen LogP contribution in [0.2, 0.25) is 0 Å². The molecule has 1 aliphatic carbocycles. The van der Waals surface area contributed by atoms with Gasteiger partial charge in [0.2, 0.25) is 5.91 Å². The highest BCUT2D eigenvalue weighted by Gasteiger charge is 2.30.